The van der Waals surface area contributed by atoms with Crippen molar-refractivity contribution in [2.45, 2.75) is 47.9 Å². The van der Waals surface area contributed by atoms with E-state index < -0.39 is 39.6 Å². The molecule has 0 spiro atoms. The predicted molar refractivity (Wildman–Crippen MR) is 104 cm³/mol. The standard InChI is InChI=1S/C20H21F4N3O3S/c21-14-2-4-15(5-3-14)31(29,30)27-10-7-16(17(28)12-27)26-18-6-1-13(11-25-18)19(8-9-19)20(22,23)24/h1-6,11,16-17,28H,7-10,12H2,(H,25,26)/t16-,17+/m1/s1. The summed E-state index contributed by atoms with van der Waals surface area (Å²) in [6.45, 7) is -0.0592. The summed E-state index contributed by atoms with van der Waals surface area (Å²) in [6.07, 6.45) is -3.82. The molecule has 0 unspecified atom stereocenters. The van der Waals surface area contributed by atoms with Crippen LogP contribution in [0.15, 0.2) is 47.5 Å². The van der Waals surface area contributed by atoms with Gasteiger partial charge in [0.2, 0.25) is 10.0 Å². The molecule has 1 aromatic heterocycles. The molecule has 2 aliphatic rings. The van der Waals surface area contributed by atoms with E-state index in [2.05, 4.69) is 10.3 Å². The number of aromatic nitrogens is 1. The highest BCUT2D eigenvalue weighted by molar-refractivity contribution is 7.89. The number of sulfonamides is 1. The Morgan fingerprint density at radius 1 is 1.13 bits per heavy atom. The maximum atomic E-state index is 13.2. The van der Waals surface area contributed by atoms with Crippen molar-refractivity contribution >= 4 is 15.8 Å². The van der Waals surface area contributed by atoms with E-state index in [4.69, 9.17) is 0 Å². The lowest BCUT2D eigenvalue weighted by molar-refractivity contribution is -0.160. The molecule has 4 rings (SSSR count). The van der Waals surface area contributed by atoms with Gasteiger partial charge >= 0.3 is 6.18 Å². The predicted octanol–water partition coefficient (Wildman–Crippen LogP) is 3.05. The fourth-order valence-electron chi connectivity index (χ4n) is 3.86. The molecule has 2 heterocycles. The first-order valence-corrected chi connectivity index (χ1v) is 11.2. The average molecular weight is 459 g/mol. The van der Waals surface area contributed by atoms with E-state index in [9.17, 15) is 31.1 Å². The molecule has 1 saturated heterocycles. The third-order valence-electron chi connectivity index (χ3n) is 5.94. The summed E-state index contributed by atoms with van der Waals surface area (Å²) in [5.41, 5.74) is -1.69. The van der Waals surface area contributed by atoms with Gasteiger partial charge in [0.05, 0.1) is 22.5 Å². The van der Waals surface area contributed by atoms with Crippen LogP contribution < -0.4 is 5.32 Å². The van der Waals surface area contributed by atoms with E-state index in [0.717, 1.165) is 16.4 Å². The summed E-state index contributed by atoms with van der Waals surface area (Å²) in [7, 11) is -3.88. The number of pyridine rings is 1. The molecule has 0 bridgehead atoms. The number of halogens is 4. The molecule has 168 valence electrons. The molecule has 1 aromatic carbocycles. The van der Waals surface area contributed by atoms with Crippen LogP contribution in [0.2, 0.25) is 0 Å². The topological polar surface area (TPSA) is 82.5 Å². The van der Waals surface area contributed by atoms with Crippen LogP contribution in [-0.2, 0) is 15.4 Å². The molecule has 0 amide bonds. The Hall–Kier alpha value is -2.24. The molecule has 2 atom stereocenters. The van der Waals surface area contributed by atoms with Crippen LogP contribution in [0.25, 0.3) is 0 Å². The number of hydrogen-bond acceptors (Lipinski definition) is 5. The lowest BCUT2D eigenvalue weighted by Crippen LogP contribution is -2.51. The van der Waals surface area contributed by atoms with Gasteiger partial charge in [-0.25, -0.2) is 17.8 Å². The van der Waals surface area contributed by atoms with Gasteiger partial charge in [0, 0.05) is 19.3 Å². The summed E-state index contributed by atoms with van der Waals surface area (Å²) in [5, 5.41) is 13.4. The SMILES string of the molecule is O=S(=O)(c1ccc(F)cc1)N1CC[C@@H](Nc2ccc(C3(C(F)(F)F)CC3)cn2)[C@@H](O)C1. The van der Waals surface area contributed by atoms with Crippen molar-refractivity contribution in [2.24, 2.45) is 0 Å². The number of anilines is 1. The lowest BCUT2D eigenvalue weighted by Gasteiger charge is -2.35. The summed E-state index contributed by atoms with van der Waals surface area (Å²) >= 11 is 0. The Bertz CT molecular complexity index is 1040. The van der Waals surface area contributed by atoms with Crippen molar-refractivity contribution in [3.63, 3.8) is 0 Å². The van der Waals surface area contributed by atoms with E-state index in [0.29, 0.717) is 5.82 Å². The van der Waals surface area contributed by atoms with E-state index in [-0.39, 0.29) is 42.8 Å². The highest BCUT2D eigenvalue weighted by Gasteiger charge is 2.64. The molecule has 1 aliphatic heterocycles. The lowest BCUT2D eigenvalue weighted by atomic mass is 9.97. The van der Waals surface area contributed by atoms with Gasteiger partial charge in [-0.2, -0.15) is 17.5 Å². The zero-order valence-corrected chi connectivity index (χ0v) is 17.1. The molecule has 31 heavy (non-hydrogen) atoms. The van der Waals surface area contributed by atoms with Crippen LogP contribution in [-0.4, -0.2) is 54.2 Å². The van der Waals surface area contributed by atoms with E-state index >= 15 is 0 Å². The minimum atomic E-state index is -4.32. The van der Waals surface area contributed by atoms with Gasteiger partial charge in [0.25, 0.3) is 0 Å². The normalized spacial score (nSPS) is 24.0. The Morgan fingerprint density at radius 3 is 2.32 bits per heavy atom. The van der Waals surface area contributed by atoms with E-state index in [1.54, 1.807) is 0 Å². The highest BCUT2D eigenvalue weighted by Crippen LogP contribution is 2.58. The van der Waals surface area contributed by atoms with Crippen LogP contribution in [0.5, 0.6) is 0 Å². The summed E-state index contributed by atoms with van der Waals surface area (Å²) in [5.74, 6) is -0.246. The van der Waals surface area contributed by atoms with Crippen molar-refractivity contribution < 1.29 is 31.1 Å². The molecule has 2 aromatic rings. The fourth-order valence-corrected chi connectivity index (χ4v) is 5.33. The number of piperidine rings is 1. The Balaban J connectivity index is 1.40. The number of nitrogens with zero attached hydrogens (tertiary/aromatic N) is 2. The molecule has 0 radical (unpaired) electrons. The van der Waals surface area contributed by atoms with Crippen LogP contribution >= 0.6 is 0 Å². The maximum absolute atomic E-state index is 13.2. The second-order valence-electron chi connectivity index (χ2n) is 7.94. The molecule has 11 heteroatoms. The van der Waals surface area contributed by atoms with Crippen molar-refractivity contribution in [2.75, 3.05) is 18.4 Å². The second-order valence-corrected chi connectivity index (χ2v) is 9.87. The average Bonchev–Trinajstić information content (AvgIpc) is 3.52. The molecule has 1 aliphatic carbocycles. The minimum Gasteiger partial charge on any atom is -0.390 e. The maximum Gasteiger partial charge on any atom is 0.398 e. The van der Waals surface area contributed by atoms with Gasteiger partial charge in [0.1, 0.15) is 11.6 Å². The molecule has 6 nitrogen and oxygen atoms in total. The molecule has 2 fully saturated rings. The second kappa shape index (κ2) is 7.72. The number of aliphatic hydroxyl groups is 1. The summed E-state index contributed by atoms with van der Waals surface area (Å²) in [4.78, 5) is 3.99. The third kappa shape index (κ3) is 4.13. The van der Waals surface area contributed by atoms with E-state index in [1.807, 2.05) is 0 Å². The van der Waals surface area contributed by atoms with Gasteiger partial charge < -0.3 is 10.4 Å². The number of hydrogen-bond donors (Lipinski definition) is 2. The number of alkyl halides is 3. The molecular weight excluding hydrogens is 438 g/mol. The zero-order valence-electron chi connectivity index (χ0n) is 16.3. The Kier molecular flexibility index (Phi) is 5.47. The van der Waals surface area contributed by atoms with Gasteiger partial charge in [-0.1, -0.05) is 6.07 Å². The zero-order chi connectivity index (χ0) is 22.4. The van der Waals surface area contributed by atoms with Gasteiger partial charge in [-0.05, 0) is 55.2 Å². The van der Waals surface area contributed by atoms with Crippen LogP contribution in [0.4, 0.5) is 23.4 Å². The van der Waals surface area contributed by atoms with Crippen molar-refractivity contribution in [3.8, 4) is 0 Å². The largest absolute Gasteiger partial charge is 0.398 e. The molecule has 1 saturated carbocycles. The number of nitrogens with one attached hydrogen (secondary N) is 1. The van der Waals surface area contributed by atoms with E-state index in [1.165, 1.54) is 30.5 Å². The minimum absolute atomic E-state index is 0.0463. The van der Waals surface area contributed by atoms with Crippen molar-refractivity contribution in [3.05, 3.63) is 54.0 Å². The molecular formula is C20H21F4N3O3S. The summed E-state index contributed by atoms with van der Waals surface area (Å²) < 4.78 is 79.3. The summed E-state index contributed by atoms with van der Waals surface area (Å²) in [6, 6.07) is 6.75. The van der Waals surface area contributed by atoms with Crippen molar-refractivity contribution in [1.29, 1.82) is 0 Å². The fraction of sp³-hybridized carbons (Fsp3) is 0.450. The van der Waals surface area contributed by atoms with Gasteiger partial charge in [-0.15, -0.1) is 0 Å². The first-order valence-electron chi connectivity index (χ1n) is 9.76. The number of β-amino-alcohol motifs (C(OH)–C–C–N with tert-alkyl or cyclic N) is 1. The Morgan fingerprint density at radius 2 is 1.81 bits per heavy atom. The first-order chi connectivity index (χ1) is 14.5. The number of rotatable bonds is 5. The van der Waals surface area contributed by atoms with Gasteiger partial charge in [0.15, 0.2) is 0 Å². The highest BCUT2D eigenvalue weighted by atomic mass is 32.2. The van der Waals surface area contributed by atoms with Crippen LogP contribution in [0.1, 0.15) is 24.8 Å². The Labute approximate surface area is 177 Å². The van der Waals surface area contributed by atoms with Crippen LogP contribution in [0, 0.1) is 5.82 Å². The first kappa shape index (κ1) is 22.0. The number of aliphatic hydroxyl groups excluding tert-OH is 1. The third-order valence-corrected chi connectivity index (χ3v) is 7.82. The number of benzene rings is 1. The smallest absolute Gasteiger partial charge is 0.390 e. The van der Waals surface area contributed by atoms with Crippen LogP contribution in [0.3, 0.4) is 0 Å². The quantitative estimate of drug-likeness (QED) is 0.672. The monoisotopic (exact) mass is 459 g/mol. The van der Waals surface area contributed by atoms with Crippen molar-refractivity contribution in [1.82, 2.24) is 9.29 Å². The van der Waals surface area contributed by atoms with Gasteiger partial charge in [-0.3, -0.25) is 0 Å². The molecule has 2 N–H and O–H groups in total.